The lowest BCUT2D eigenvalue weighted by molar-refractivity contribution is -0.143. The molecule has 0 radical (unpaired) electrons. The first-order valence-corrected chi connectivity index (χ1v) is 14.6. The number of primary amides is 1. The second-order valence-corrected chi connectivity index (χ2v) is 12.1. The molecule has 4 aliphatic carbocycles. The number of aliphatic hydroxyl groups excluding tert-OH is 4. The Labute approximate surface area is 248 Å². The van der Waals surface area contributed by atoms with Gasteiger partial charge in [-0.15, -0.1) is 11.8 Å². The van der Waals surface area contributed by atoms with Crippen molar-refractivity contribution in [2.45, 2.75) is 35.5 Å². The van der Waals surface area contributed by atoms with Gasteiger partial charge in [0, 0.05) is 34.5 Å². The second-order valence-electron chi connectivity index (χ2n) is 10.6. The highest BCUT2D eigenvalue weighted by Gasteiger charge is 2.68. The van der Waals surface area contributed by atoms with Crippen LogP contribution in [0.5, 0.6) is 0 Å². The number of ketones is 2. The zero-order valence-electron chi connectivity index (χ0n) is 21.7. The van der Waals surface area contributed by atoms with E-state index in [2.05, 4.69) is 0 Å². The Hall–Kier alpha value is -2.65. The number of nitrogens with zero attached hydrogens (tertiary/aromatic N) is 1. The number of carbonyl (C=O) groups excluding carboxylic acids is 3. The van der Waals surface area contributed by atoms with E-state index >= 15 is 0 Å². The summed E-state index contributed by atoms with van der Waals surface area (Å²) in [5, 5.41) is 46.9. The molecule has 0 aromatic heterocycles. The fraction of sp³-hybridized carbons (Fsp3) is 0.393. The van der Waals surface area contributed by atoms with Gasteiger partial charge in [-0.25, -0.2) is 0 Å². The SMILES string of the molecule is CN(C)[C@@H]1C(=O)C(C(N)=O)=C(O)[C@@]2(OI)C(O)=C3C(O)=C4C(=O)CCC=C4[C@H](CSc4ccccc4)[C@H]3[C@H](O)[C@@H]12. The molecule has 4 aliphatic rings. The maximum atomic E-state index is 13.5. The molecule has 0 aliphatic heterocycles. The zero-order chi connectivity index (χ0) is 29.1. The van der Waals surface area contributed by atoms with E-state index in [1.807, 2.05) is 36.4 Å². The minimum absolute atomic E-state index is 0.0478. The number of amides is 1. The molecule has 6 atom stereocenters. The minimum atomic E-state index is -2.30. The fourth-order valence-corrected chi connectivity index (χ4v) is 8.47. The van der Waals surface area contributed by atoms with Crippen molar-refractivity contribution in [2.24, 2.45) is 23.5 Å². The first-order valence-electron chi connectivity index (χ1n) is 12.7. The molecule has 0 saturated heterocycles. The standard InChI is InChI=1S/C28H29IN2O8S/c1-31(2)21-20-23(34)17-14(11-40-12-7-4-3-5-8-12)13-9-6-10-15(32)16(13)22(33)18(17)25(36)28(20,39-29)26(37)19(24(21)35)27(30)38/h3-5,7-9,14,17,20-21,23,33-34,36-37H,6,10-11H2,1-2H3,(H2,30,38)/t14-,17+,20+,21-,23-,28-/m0/s1. The number of fused-ring (bicyclic) bond motifs is 3. The van der Waals surface area contributed by atoms with Crippen molar-refractivity contribution in [3.05, 3.63) is 76.0 Å². The molecular formula is C28H29IN2O8S. The smallest absolute Gasteiger partial charge is 0.255 e. The number of thioether (sulfide) groups is 1. The Balaban J connectivity index is 1.80. The summed E-state index contributed by atoms with van der Waals surface area (Å²) in [6, 6.07) is 8.30. The van der Waals surface area contributed by atoms with E-state index in [-0.39, 0.29) is 23.4 Å². The maximum Gasteiger partial charge on any atom is 0.255 e. The number of Topliss-reactive ketones (excluding diaryl/α,β-unsaturated/α-hetero) is 2. The molecule has 212 valence electrons. The summed E-state index contributed by atoms with van der Waals surface area (Å²) in [6.45, 7) is 0. The Kier molecular flexibility index (Phi) is 7.68. The molecule has 0 spiro atoms. The molecule has 0 saturated carbocycles. The summed E-state index contributed by atoms with van der Waals surface area (Å²) in [5.41, 5.74) is 2.87. The van der Waals surface area contributed by atoms with Gasteiger partial charge in [-0.2, -0.15) is 0 Å². The highest BCUT2D eigenvalue weighted by molar-refractivity contribution is 14.1. The van der Waals surface area contributed by atoms with E-state index < -0.39 is 70.0 Å². The van der Waals surface area contributed by atoms with Gasteiger partial charge < -0.3 is 26.2 Å². The van der Waals surface area contributed by atoms with Crippen molar-refractivity contribution in [3.63, 3.8) is 0 Å². The molecule has 5 rings (SSSR count). The average molecular weight is 681 g/mol. The Morgan fingerprint density at radius 3 is 2.45 bits per heavy atom. The molecule has 1 amide bonds. The number of hydrogen-bond donors (Lipinski definition) is 5. The van der Waals surface area contributed by atoms with Crippen LogP contribution in [0.4, 0.5) is 0 Å². The number of likely N-dealkylation sites (N-methyl/N-ethyl adjacent to an activating group) is 1. The van der Waals surface area contributed by atoms with Crippen molar-refractivity contribution in [3.8, 4) is 0 Å². The fourth-order valence-electron chi connectivity index (χ4n) is 6.65. The average Bonchev–Trinajstić information content (AvgIpc) is 2.91. The van der Waals surface area contributed by atoms with Crippen LogP contribution in [-0.2, 0) is 17.4 Å². The van der Waals surface area contributed by atoms with Crippen molar-refractivity contribution < 1.29 is 37.9 Å². The molecule has 10 nitrogen and oxygen atoms in total. The third-order valence-corrected chi connectivity index (χ3v) is 10.1. The molecule has 0 bridgehead atoms. The van der Waals surface area contributed by atoms with Crippen molar-refractivity contribution in [2.75, 3.05) is 19.8 Å². The van der Waals surface area contributed by atoms with E-state index in [1.165, 1.54) is 39.7 Å². The normalized spacial score (nSPS) is 32.1. The number of allylic oxidation sites excluding steroid dienone is 4. The van der Waals surface area contributed by atoms with E-state index in [4.69, 9.17) is 8.80 Å². The lowest BCUT2D eigenvalue weighted by atomic mass is 9.55. The number of rotatable bonds is 6. The largest absolute Gasteiger partial charge is 0.508 e. The van der Waals surface area contributed by atoms with Crippen LogP contribution >= 0.6 is 34.8 Å². The van der Waals surface area contributed by atoms with Crippen LogP contribution in [0.1, 0.15) is 12.8 Å². The highest BCUT2D eigenvalue weighted by atomic mass is 127. The van der Waals surface area contributed by atoms with Crippen LogP contribution in [0.2, 0.25) is 0 Å². The van der Waals surface area contributed by atoms with Gasteiger partial charge in [-0.1, -0.05) is 24.3 Å². The third kappa shape index (κ3) is 4.06. The number of nitrogens with two attached hydrogens (primary N) is 1. The Morgan fingerprint density at radius 2 is 1.85 bits per heavy atom. The van der Waals surface area contributed by atoms with Gasteiger partial charge in [0.1, 0.15) is 45.9 Å². The van der Waals surface area contributed by atoms with Gasteiger partial charge in [0.25, 0.3) is 5.91 Å². The van der Waals surface area contributed by atoms with Gasteiger partial charge in [0.05, 0.1) is 23.6 Å². The monoisotopic (exact) mass is 680 g/mol. The Bertz CT molecular complexity index is 1420. The van der Waals surface area contributed by atoms with Crippen molar-refractivity contribution in [1.82, 2.24) is 4.90 Å². The summed E-state index contributed by atoms with van der Waals surface area (Å²) in [7, 11) is 3.12. The van der Waals surface area contributed by atoms with Gasteiger partial charge >= 0.3 is 0 Å². The summed E-state index contributed by atoms with van der Waals surface area (Å²) in [6.07, 6.45) is 1.02. The number of halogens is 1. The maximum absolute atomic E-state index is 13.5. The van der Waals surface area contributed by atoms with Crippen LogP contribution in [0.15, 0.2) is 80.9 Å². The summed E-state index contributed by atoms with van der Waals surface area (Å²) in [5.74, 6) is -6.97. The van der Waals surface area contributed by atoms with Gasteiger partial charge in [0.15, 0.2) is 11.6 Å². The van der Waals surface area contributed by atoms with Crippen LogP contribution in [0.25, 0.3) is 0 Å². The van der Waals surface area contributed by atoms with E-state index in [0.29, 0.717) is 17.7 Å². The quantitative estimate of drug-likeness (QED) is 0.171. The van der Waals surface area contributed by atoms with E-state index in [1.54, 1.807) is 14.1 Å². The van der Waals surface area contributed by atoms with Gasteiger partial charge in [-0.3, -0.25) is 22.3 Å². The molecule has 0 unspecified atom stereocenters. The minimum Gasteiger partial charge on any atom is -0.508 e. The first-order chi connectivity index (χ1) is 19.0. The summed E-state index contributed by atoms with van der Waals surface area (Å²) >= 11 is 2.92. The molecule has 1 aromatic rings. The van der Waals surface area contributed by atoms with Gasteiger partial charge in [-0.05, 0) is 38.2 Å². The van der Waals surface area contributed by atoms with Crippen molar-refractivity contribution >= 4 is 52.2 Å². The number of hydrogen-bond acceptors (Lipinski definition) is 10. The molecule has 1 aromatic carbocycles. The molecule has 12 heteroatoms. The third-order valence-electron chi connectivity index (χ3n) is 8.31. The lowest BCUT2D eigenvalue weighted by Crippen LogP contribution is -2.68. The molecule has 40 heavy (non-hydrogen) atoms. The van der Waals surface area contributed by atoms with Gasteiger partial charge in [0.2, 0.25) is 5.60 Å². The highest BCUT2D eigenvalue weighted by Crippen LogP contribution is 2.59. The summed E-state index contributed by atoms with van der Waals surface area (Å²) < 4.78 is 5.68. The van der Waals surface area contributed by atoms with Crippen LogP contribution in [0.3, 0.4) is 0 Å². The number of carbonyl (C=O) groups is 3. The van der Waals surface area contributed by atoms with Crippen LogP contribution < -0.4 is 5.73 Å². The molecular weight excluding hydrogens is 651 g/mol. The first kappa shape index (κ1) is 28.9. The van der Waals surface area contributed by atoms with Crippen LogP contribution in [0, 0.1) is 17.8 Å². The predicted molar refractivity (Wildman–Crippen MR) is 154 cm³/mol. The lowest BCUT2D eigenvalue weighted by Gasteiger charge is -2.55. The van der Waals surface area contributed by atoms with E-state index in [9.17, 15) is 34.8 Å². The molecule has 0 heterocycles. The zero-order valence-corrected chi connectivity index (χ0v) is 24.7. The summed E-state index contributed by atoms with van der Waals surface area (Å²) in [4.78, 5) is 41.4. The topological polar surface area (TPSA) is 171 Å². The number of aliphatic hydroxyl groups is 4. The number of benzene rings is 1. The Morgan fingerprint density at radius 1 is 1.18 bits per heavy atom. The van der Waals surface area contributed by atoms with Crippen molar-refractivity contribution in [1.29, 1.82) is 0 Å². The molecule has 6 N–H and O–H groups in total. The van der Waals surface area contributed by atoms with Crippen LogP contribution in [-0.4, -0.2) is 80.4 Å². The molecule has 0 fully saturated rings. The predicted octanol–water partition coefficient (Wildman–Crippen LogP) is 2.84. The van der Waals surface area contributed by atoms with E-state index in [0.717, 1.165) is 4.90 Å². The second kappa shape index (κ2) is 10.6.